The molecule has 0 fully saturated rings. The Morgan fingerprint density at radius 1 is 0.567 bits per heavy atom. The van der Waals surface area contributed by atoms with E-state index < -0.39 is 0 Å². The van der Waals surface area contributed by atoms with Gasteiger partial charge in [0.15, 0.2) is 0 Å². The van der Waals surface area contributed by atoms with E-state index in [-0.39, 0.29) is 5.41 Å². The van der Waals surface area contributed by atoms with Gasteiger partial charge in [-0.15, -0.1) is 0 Å². The van der Waals surface area contributed by atoms with Crippen molar-refractivity contribution in [3.8, 4) is 22.4 Å². The highest BCUT2D eigenvalue weighted by atomic mass is 14.7. The van der Waals surface area contributed by atoms with Gasteiger partial charge in [0.1, 0.15) is 0 Å². The molecule has 0 aliphatic carbocycles. The van der Waals surface area contributed by atoms with Gasteiger partial charge in [0.2, 0.25) is 0 Å². The van der Waals surface area contributed by atoms with Crippen LogP contribution < -0.4 is 0 Å². The molecule has 1 heterocycles. The second kappa shape index (κ2) is 7.11. The molecule has 0 amide bonds. The minimum atomic E-state index is 0.163. The van der Waals surface area contributed by atoms with Crippen molar-refractivity contribution in [2.24, 2.45) is 0 Å². The molecule has 0 saturated carbocycles. The molecule has 30 heavy (non-hydrogen) atoms. The van der Waals surface area contributed by atoms with E-state index in [4.69, 9.17) is 4.98 Å². The van der Waals surface area contributed by atoms with Crippen molar-refractivity contribution < 1.29 is 0 Å². The minimum Gasteiger partial charge on any atom is -0.256 e. The smallest absolute Gasteiger partial charge is 0.0780 e. The first-order chi connectivity index (χ1) is 14.5. The lowest BCUT2D eigenvalue weighted by molar-refractivity contribution is 0.590. The van der Waals surface area contributed by atoms with Crippen molar-refractivity contribution >= 4 is 21.5 Å². The lowest BCUT2D eigenvalue weighted by Gasteiger charge is -2.19. The van der Waals surface area contributed by atoms with Crippen molar-refractivity contribution in [2.45, 2.75) is 26.2 Å². The fourth-order valence-corrected chi connectivity index (χ4v) is 4.18. The van der Waals surface area contributed by atoms with Crippen LogP contribution in [-0.2, 0) is 5.41 Å². The molecule has 0 radical (unpaired) electrons. The summed E-state index contributed by atoms with van der Waals surface area (Å²) in [7, 11) is 0. The zero-order valence-corrected chi connectivity index (χ0v) is 17.7. The SMILES string of the molecule is CC(C)(C)c1ccc(-c2cccc(-c3nccc4c3ccc3ccccc34)c2)cc1. The average Bonchev–Trinajstić information content (AvgIpc) is 2.78. The highest BCUT2D eigenvalue weighted by molar-refractivity contribution is 6.11. The molecule has 0 atom stereocenters. The van der Waals surface area contributed by atoms with E-state index in [0.29, 0.717) is 0 Å². The van der Waals surface area contributed by atoms with Crippen LogP contribution in [0.5, 0.6) is 0 Å². The Balaban J connectivity index is 1.62. The van der Waals surface area contributed by atoms with E-state index >= 15 is 0 Å². The summed E-state index contributed by atoms with van der Waals surface area (Å²) in [5.74, 6) is 0. The second-order valence-electron chi connectivity index (χ2n) is 8.95. The predicted molar refractivity (Wildman–Crippen MR) is 129 cm³/mol. The maximum atomic E-state index is 4.77. The molecular weight excluding hydrogens is 362 g/mol. The van der Waals surface area contributed by atoms with Crippen molar-refractivity contribution in [3.63, 3.8) is 0 Å². The number of aromatic nitrogens is 1. The molecule has 0 N–H and O–H groups in total. The van der Waals surface area contributed by atoms with Crippen LogP contribution in [-0.4, -0.2) is 4.98 Å². The summed E-state index contributed by atoms with van der Waals surface area (Å²) >= 11 is 0. The van der Waals surface area contributed by atoms with Crippen molar-refractivity contribution in [1.82, 2.24) is 4.98 Å². The van der Waals surface area contributed by atoms with Gasteiger partial charge in [-0.1, -0.05) is 99.6 Å². The molecule has 5 rings (SSSR count). The van der Waals surface area contributed by atoms with Gasteiger partial charge in [-0.2, -0.15) is 0 Å². The van der Waals surface area contributed by atoms with Crippen LogP contribution in [0.1, 0.15) is 26.3 Å². The Kier molecular flexibility index (Phi) is 4.40. The summed E-state index contributed by atoms with van der Waals surface area (Å²) < 4.78 is 0. The van der Waals surface area contributed by atoms with Crippen LogP contribution in [0.2, 0.25) is 0 Å². The van der Waals surface area contributed by atoms with Gasteiger partial charge in [-0.05, 0) is 50.4 Å². The molecule has 0 spiro atoms. The largest absolute Gasteiger partial charge is 0.256 e. The molecule has 5 aromatic rings. The van der Waals surface area contributed by atoms with Gasteiger partial charge >= 0.3 is 0 Å². The number of benzene rings is 4. The third-order valence-corrected chi connectivity index (χ3v) is 5.89. The van der Waals surface area contributed by atoms with Gasteiger partial charge in [-0.3, -0.25) is 4.98 Å². The number of hydrogen-bond donors (Lipinski definition) is 0. The fraction of sp³-hybridized carbons (Fsp3) is 0.138. The topological polar surface area (TPSA) is 12.9 Å². The highest BCUT2D eigenvalue weighted by Crippen LogP contribution is 2.34. The van der Waals surface area contributed by atoms with Crippen LogP contribution >= 0.6 is 0 Å². The molecule has 0 saturated heterocycles. The second-order valence-corrected chi connectivity index (χ2v) is 8.95. The molecule has 146 valence electrons. The summed E-state index contributed by atoms with van der Waals surface area (Å²) in [6, 6.07) is 32.7. The van der Waals surface area contributed by atoms with Crippen molar-refractivity contribution in [3.05, 3.63) is 103 Å². The normalized spacial score (nSPS) is 11.8. The van der Waals surface area contributed by atoms with E-state index in [9.17, 15) is 0 Å². The number of nitrogens with zero attached hydrogens (tertiary/aromatic N) is 1. The number of fused-ring (bicyclic) bond motifs is 3. The van der Waals surface area contributed by atoms with E-state index in [1.54, 1.807) is 0 Å². The Morgan fingerprint density at radius 2 is 1.33 bits per heavy atom. The summed E-state index contributed by atoms with van der Waals surface area (Å²) in [6.07, 6.45) is 1.93. The first kappa shape index (κ1) is 18.6. The Bertz CT molecular complexity index is 1360. The quantitative estimate of drug-likeness (QED) is 0.279. The van der Waals surface area contributed by atoms with Crippen LogP contribution in [0, 0.1) is 0 Å². The maximum Gasteiger partial charge on any atom is 0.0780 e. The van der Waals surface area contributed by atoms with Crippen molar-refractivity contribution in [1.29, 1.82) is 0 Å². The molecule has 0 aliphatic heterocycles. The first-order valence-corrected chi connectivity index (χ1v) is 10.5. The van der Waals surface area contributed by atoms with Gasteiger partial charge in [0.05, 0.1) is 5.69 Å². The average molecular weight is 388 g/mol. The molecule has 1 nitrogen and oxygen atoms in total. The predicted octanol–water partition coefficient (Wildman–Crippen LogP) is 8.02. The van der Waals surface area contributed by atoms with Gasteiger partial charge in [0.25, 0.3) is 0 Å². The van der Waals surface area contributed by atoms with Gasteiger partial charge in [-0.25, -0.2) is 0 Å². The molecule has 1 aromatic heterocycles. The maximum absolute atomic E-state index is 4.77. The standard InChI is InChI=1S/C29H25N/c1-29(2,3)24-14-11-20(12-15-24)22-8-6-9-23(19-22)28-27-16-13-21-7-4-5-10-25(21)26(27)17-18-30-28/h4-19H,1-3H3. The van der Waals surface area contributed by atoms with Gasteiger partial charge < -0.3 is 0 Å². The molecule has 0 aliphatic rings. The first-order valence-electron chi connectivity index (χ1n) is 10.5. The Hall–Kier alpha value is -3.45. The zero-order chi connectivity index (χ0) is 20.7. The Morgan fingerprint density at radius 3 is 2.13 bits per heavy atom. The van der Waals surface area contributed by atoms with Crippen molar-refractivity contribution in [2.75, 3.05) is 0 Å². The molecule has 0 bridgehead atoms. The summed E-state index contributed by atoms with van der Waals surface area (Å²) in [6.45, 7) is 6.75. The molecule has 4 aromatic carbocycles. The molecule has 0 unspecified atom stereocenters. The van der Waals surface area contributed by atoms with Crippen LogP contribution in [0.3, 0.4) is 0 Å². The van der Waals surface area contributed by atoms with E-state index in [0.717, 1.165) is 11.3 Å². The summed E-state index contributed by atoms with van der Waals surface area (Å²) in [4.78, 5) is 4.77. The van der Waals surface area contributed by atoms with E-state index in [2.05, 4.69) is 112 Å². The number of pyridine rings is 1. The van der Waals surface area contributed by atoms with E-state index in [1.807, 2.05) is 6.20 Å². The number of hydrogen-bond acceptors (Lipinski definition) is 1. The number of rotatable bonds is 2. The molecule has 1 heteroatoms. The van der Waals surface area contributed by atoms with E-state index in [1.165, 1.54) is 38.2 Å². The lowest BCUT2D eigenvalue weighted by Crippen LogP contribution is -2.10. The lowest BCUT2D eigenvalue weighted by atomic mass is 9.86. The summed E-state index contributed by atoms with van der Waals surface area (Å²) in [5.41, 5.74) is 6.14. The summed E-state index contributed by atoms with van der Waals surface area (Å²) in [5, 5.41) is 4.97. The highest BCUT2D eigenvalue weighted by Gasteiger charge is 2.13. The minimum absolute atomic E-state index is 0.163. The van der Waals surface area contributed by atoms with Crippen LogP contribution in [0.4, 0.5) is 0 Å². The fourth-order valence-electron chi connectivity index (χ4n) is 4.18. The van der Waals surface area contributed by atoms with Crippen LogP contribution in [0.15, 0.2) is 97.2 Å². The molecular formula is C29H25N. The Labute approximate surface area is 178 Å². The van der Waals surface area contributed by atoms with Gasteiger partial charge in [0, 0.05) is 17.1 Å². The third kappa shape index (κ3) is 3.27. The zero-order valence-electron chi connectivity index (χ0n) is 17.7. The monoisotopic (exact) mass is 387 g/mol. The third-order valence-electron chi connectivity index (χ3n) is 5.89. The van der Waals surface area contributed by atoms with Crippen LogP contribution in [0.25, 0.3) is 43.9 Å².